The monoisotopic (exact) mass is 380 g/mol. The molecule has 1 saturated heterocycles. The first kappa shape index (κ1) is 19.1. The van der Waals surface area contributed by atoms with Crippen LogP contribution in [-0.2, 0) is 16.4 Å². The fraction of sp³-hybridized carbons (Fsp3) is 0.667. The minimum atomic E-state index is -3.17. The first-order valence-corrected chi connectivity index (χ1v) is 10.8. The van der Waals surface area contributed by atoms with Crippen molar-refractivity contribution in [3.8, 4) is 0 Å². The van der Waals surface area contributed by atoms with E-state index in [9.17, 15) is 13.2 Å². The van der Waals surface area contributed by atoms with Crippen LogP contribution < -0.4 is 10.6 Å². The normalized spacial score (nSPS) is 21.4. The Kier molecular flexibility index (Phi) is 5.82. The third-order valence-electron chi connectivity index (χ3n) is 5.00. The topological polar surface area (TPSA) is 91.4 Å². The van der Waals surface area contributed by atoms with Crippen molar-refractivity contribution in [2.24, 2.45) is 0 Å². The Balaban J connectivity index is 1.44. The smallest absolute Gasteiger partial charge is 0.315 e. The number of sulfonamides is 1. The lowest BCUT2D eigenvalue weighted by Crippen LogP contribution is -2.52. The molecule has 1 aromatic heterocycles. The molecule has 2 aliphatic rings. The van der Waals surface area contributed by atoms with Crippen molar-refractivity contribution in [3.63, 3.8) is 0 Å². The summed E-state index contributed by atoms with van der Waals surface area (Å²) >= 11 is 0. The average Bonchev–Trinajstić information content (AvgIpc) is 3.42. The number of carbonyl (C=O) groups is 1. The van der Waals surface area contributed by atoms with Crippen molar-refractivity contribution in [2.45, 2.75) is 57.2 Å². The molecule has 1 saturated carbocycles. The Morgan fingerprint density at radius 3 is 2.77 bits per heavy atom. The van der Waals surface area contributed by atoms with Gasteiger partial charge in [0.15, 0.2) is 0 Å². The van der Waals surface area contributed by atoms with Crippen LogP contribution in [0.25, 0.3) is 0 Å². The summed E-state index contributed by atoms with van der Waals surface area (Å²) in [5.74, 6) is 0. The molecular formula is C18H28N4O3S. The molecule has 0 radical (unpaired) electrons. The number of nitrogens with one attached hydrogen (secondary N) is 2. The number of carbonyl (C=O) groups excluding carboxylic acids is 1. The van der Waals surface area contributed by atoms with Gasteiger partial charge < -0.3 is 10.6 Å². The average molecular weight is 381 g/mol. The fourth-order valence-electron chi connectivity index (χ4n) is 3.40. The van der Waals surface area contributed by atoms with Gasteiger partial charge in [-0.2, -0.15) is 4.31 Å². The number of amides is 2. The summed E-state index contributed by atoms with van der Waals surface area (Å²) in [6.07, 6.45) is 5.63. The first-order chi connectivity index (χ1) is 12.4. The van der Waals surface area contributed by atoms with Crippen LogP contribution >= 0.6 is 0 Å². The van der Waals surface area contributed by atoms with Crippen molar-refractivity contribution in [1.82, 2.24) is 19.9 Å². The first-order valence-electron chi connectivity index (χ1n) is 9.31. The van der Waals surface area contributed by atoms with E-state index in [0.29, 0.717) is 26.1 Å². The van der Waals surface area contributed by atoms with Crippen molar-refractivity contribution < 1.29 is 13.2 Å². The molecule has 1 aromatic rings. The number of nitrogens with zero attached hydrogens (tertiary/aromatic N) is 2. The maximum Gasteiger partial charge on any atom is 0.315 e. The summed E-state index contributed by atoms with van der Waals surface area (Å²) in [6.45, 7) is 5.47. The molecule has 0 unspecified atom stereocenters. The predicted molar refractivity (Wildman–Crippen MR) is 100 cm³/mol. The Hall–Kier alpha value is -1.67. The summed E-state index contributed by atoms with van der Waals surface area (Å²) in [4.78, 5) is 16.5. The lowest BCUT2D eigenvalue weighted by Gasteiger charge is -2.32. The summed E-state index contributed by atoms with van der Waals surface area (Å²) in [6, 6.07) is 1.71. The van der Waals surface area contributed by atoms with Crippen molar-refractivity contribution in [1.29, 1.82) is 0 Å². The van der Waals surface area contributed by atoms with Gasteiger partial charge in [0, 0.05) is 44.0 Å². The van der Waals surface area contributed by atoms with Gasteiger partial charge in [-0.15, -0.1) is 0 Å². The van der Waals surface area contributed by atoms with E-state index in [1.165, 1.54) is 0 Å². The van der Waals surface area contributed by atoms with Gasteiger partial charge in [0.25, 0.3) is 0 Å². The quantitative estimate of drug-likeness (QED) is 0.782. The minimum absolute atomic E-state index is 0.128. The maximum absolute atomic E-state index is 12.4. The number of aryl methyl sites for hydroxylation is 2. The highest BCUT2D eigenvalue weighted by molar-refractivity contribution is 7.90. The lowest BCUT2D eigenvalue weighted by atomic mass is 10.1. The molecule has 26 heavy (non-hydrogen) atoms. The van der Waals surface area contributed by atoms with Gasteiger partial charge in [-0.1, -0.05) is 6.07 Å². The number of hydrogen-bond acceptors (Lipinski definition) is 4. The fourth-order valence-corrected chi connectivity index (χ4v) is 5.33. The van der Waals surface area contributed by atoms with Gasteiger partial charge in [0.05, 0.1) is 5.25 Å². The summed E-state index contributed by atoms with van der Waals surface area (Å²) in [5.41, 5.74) is 3.23. The molecule has 7 nitrogen and oxygen atoms in total. The van der Waals surface area contributed by atoms with Gasteiger partial charge in [-0.3, -0.25) is 4.98 Å². The van der Waals surface area contributed by atoms with Crippen LogP contribution in [0.15, 0.2) is 12.3 Å². The number of piperidine rings is 1. The second kappa shape index (κ2) is 7.92. The van der Waals surface area contributed by atoms with E-state index in [4.69, 9.17) is 0 Å². The van der Waals surface area contributed by atoms with E-state index in [2.05, 4.69) is 21.7 Å². The Morgan fingerprint density at radius 2 is 2.08 bits per heavy atom. The van der Waals surface area contributed by atoms with E-state index in [0.717, 1.165) is 42.5 Å². The van der Waals surface area contributed by atoms with Crippen LogP contribution in [-0.4, -0.2) is 54.7 Å². The molecule has 2 N–H and O–H groups in total. The molecule has 2 heterocycles. The second-order valence-corrected chi connectivity index (χ2v) is 9.58. The van der Waals surface area contributed by atoms with E-state index < -0.39 is 10.0 Å². The highest BCUT2D eigenvalue weighted by atomic mass is 32.2. The summed E-state index contributed by atoms with van der Waals surface area (Å²) < 4.78 is 26.3. The third kappa shape index (κ3) is 4.73. The SMILES string of the molecule is Cc1cnc(CCNC(=O)N[C@@H]2CCCN(S(=O)(=O)C3CC3)C2)c(C)c1. The predicted octanol–water partition coefficient (Wildman–Crippen LogP) is 1.50. The van der Waals surface area contributed by atoms with Gasteiger partial charge in [-0.05, 0) is 50.7 Å². The zero-order chi connectivity index (χ0) is 18.7. The largest absolute Gasteiger partial charge is 0.338 e. The van der Waals surface area contributed by atoms with E-state index in [1.54, 1.807) is 4.31 Å². The maximum atomic E-state index is 12.4. The van der Waals surface area contributed by atoms with Gasteiger partial charge in [-0.25, -0.2) is 13.2 Å². The number of hydrogen-bond donors (Lipinski definition) is 2. The zero-order valence-electron chi connectivity index (χ0n) is 15.5. The molecule has 0 bridgehead atoms. The van der Waals surface area contributed by atoms with Crippen LogP contribution in [0.2, 0.25) is 0 Å². The van der Waals surface area contributed by atoms with Gasteiger partial charge in [0.2, 0.25) is 10.0 Å². The highest BCUT2D eigenvalue weighted by Gasteiger charge is 2.41. The summed E-state index contributed by atoms with van der Waals surface area (Å²) in [7, 11) is -3.17. The van der Waals surface area contributed by atoms with Gasteiger partial charge >= 0.3 is 6.03 Å². The minimum Gasteiger partial charge on any atom is -0.338 e. The Labute approximate surface area is 155 Å². The molecule has 1 atom stereocenters. The third-order valence-corrected chi connectivity index (χ3v) is 7.36. The molecular weight excluding hydrogens is 352 g/mol. The molecule has 3 rings (SSSR count). The van der Waals surface area contributed by atoms with Crippen LogP contribution in [0.1, 0.15) is 42.5 Å². The second-order valence-electron chi connectivity index (χ2n) is 7.37. The molecule has 1 aliphatic carbocycles. The van der Waals surface area contributed by atoms with Crippen molar-refractivity contribution >= 4 is 16.1 Å². The molecule has 8 heteroatoms. The molecule has 2 fully saturated rings. The van der Waals surface area contributed by atoms with Crippen LogP contribution in [0.5, 0.6) is 0 Å². The van der Waals surface area contributed by atoms with Gasteiger partial charge in [0.1, 0.15) is 0 Å². The summed E-state index contributed by atoms with van der Waals surface area (Å²) in [5, 5.41) is 5.57. The van der Waals surface area contributed by atoms with Crippen LogP contribution in [0.3, 0.4) is 0 Å². The lowest BCUT2D eigenvalue weighted by molar-refractivity contribution is 0.226. The highest BCUT2D eigenvalue weighted by Crippen LogP contribution is 2.32. The van der Waals surface area contributed by atoms with Crippen molar-refractivity contribution in [3.05, 3.63) is 29.1 Å². The number of pyridine rings is 1. The molecule has 1 aliphatic heterocycles. The molecule has 0 spiro atoms. The molecule has 2 amide bonds. The van der Waals surface area contributed by atoms with E-state index in [-0.39, 0.29) is 17.3 Å². The van der Waals surface area contributed by atoms with Crippen LogP contribution in [0.4, 0.5) is 4.79 Å². The molecule has 0 aromatic carbocycles. The van der Waals surface area contributed by atoms with E-state index in [1.807, 2.05) is 20.0 Å². The van der Waals surface area contributed by atoms with Crippen molar-refractivity contribution in [2.75, 3.05) is 19.6 Å². The Morgan fingerprint density at radius 1 is 1.31 bits per heavy atom. The molecule has 144 valence electrons. The number of rotatable bonds is 6. The number of urea groups is 1. The Bertz CT molecular complexity index is 762. The number of aromatic nitrogens is 1. The zero-order valence-corrected chi connectivity index (χ0v) is 16.3. The standard InChI is InChI=1S/C18H28N4O3S/c1-13-10-14(2)17(20-11-13)7-8-19-18(23)21-15-4-3-9-22(12-15)26(24,25)16-5-6-16/h10-11,15-16H,3-9,12H2,1-2H3,(H2,19,21,23)/t15-/m1/s1. The van der Waals surface area contributed by atoms with E-state index >= 15 is 0 Å². The van der Waals surface area contributed by atoms with Crippen LogP contribution in [0, 0.1) is 13.8 Å².